The second-order valence-corrected chi connectivity index (χ2v) is 9.56. The maximum Gasteiger partial charge on any atom is 0.305 e. The molecule has 0 fully saturated rings. The summed E-state index contributed by atoms with van der Waals surface area (Å²) >= 11 is 0. The molecule has 0 aliphatic heterocycles. The van der Waals surface area contributed by atoms with Gasteiger partial charge in [0.1, 0.15) is 11.7 Å². The first-order valence-electron chi connectivity index (χ1n) is 13.2. The number of rotatable bonds is 7. The topological polar surface area (TPSA) is 154 Å². The Bertz CT molecular complexity index is 1920. The smallest absolute Gasteiger partial charge is 0.305 e. The van der Waals surface area contributed by atoms with Crippen molar-refractivity contribution >= 4 is 34.1 Å². The summed E-state index contributed by atoms with van der Waals surface area (Å²) in [5, 5.41) is 18.3. The van der Waals surface area contributed by atoms with Crippen LogP contribution in [0.2, 0.25) is 0 Å². The number of aliphatic hydroxyl groups is 1. The molecular weight excluding hydrogens is 536 g/mol. The summed E-state index contributed by atoms with van der Waals surface area (Å²) < 4.78 is 7.57. The Balaban J connectivity index is 1.57. The second-order valence-electron chi connectivity index (χ2n) is 9.56. The van der Waals surface area contributed by atoms with E-state index < -0.39 is 24.0 Å². The van der Waals surface area contributed by atoms with E-state index in [0.29, 0.717) is 33.4 Å². The molecule has 4 N–H and O–H groups in total. The van der Waals surface area contributed by atoms with E-state index in [9.17, 15) is 19.5 Å². The van der Waals surface area contributed by atoms with Crippen LogP contribution < -0.4 is 16.6 Å². The van der Waals surface area contributed by atoms with Crippen molar-refractivity contribution in [3.05, 3.63) is 100 Å². The van der Waals surface area contributed by atoms with E-state index in [-0.39, 0.29) is 29.8 Å². The Morgan fingerprint density at radius 1 is 1.14 bits per heavy atom. The number of ether oxygens (including phenoxy) is 1. The summed E-state index contributed by atoms with van der Waals surface area (Å²) in [6.07, 6.45) is 2.24. The van der Waals surface area contributed by atoms with Crippen molar-refractivity contribution in [2.75, 3.05) is 12.8 Å². The number of amides is 1. The molecule has 3 aromatic heterocycles. The number of nitrogen functional groups attached to an aromatic ring is 1. The molecular formula is C31H28N6O5. The number of hydrogen-bond donors (Lipinski definition) is 3. The molecule has 0 saturated carbocycles. The molecule has 5 rings (SSSR count). The standard InChI is InChI=1S/C31H28N6O5/c1-19(34-30(40)27-28(32)35-36-17-7-16-33-29(27)36)24-18-21-9-6-8-20(12-13-23(38)14-15-25(39)42-2)26(21)31(41)37(24)22-10-4-3-5-11-22/h3-11,16-19,23,38H,14-15H2,1-2H3,(H2,32,35)(H,34,40). The Morgan fingerprint density at radius 3 is 2.69 bits per heavy atom. The summed E-state index contributed by atoms with van der Waals surface area (Å²) in [6.45, 7) is 1.77. The van der Waals surface area contributed by atoms with Crippen LogP contribution in [0.3, 0.4) is 0 Å². The normalized spacial score (nSPS) is 12.4. The average Bonchev–Trinajstić information content (AvgIpc) is 3.34. The zero-order valence-corrected chi connectivity index (χ0v) is 22.9. The van der Waals surface area contributed by atoms with E-state index >= 15 is 0 Å². The number of nitrogens with one attached hydrogen (secondary N) is 1. The molecule has 42 heavy (non-hydrogen) atoms. The first-order valence-corrected chi connectivity index (χ1v) is 13.2. The highest BCUT2D eigenvalue weighted by atomic mass is 16.5. The minimum atomic E-state index is -1.08. The number of nitrogens with two attached hydrogens (primary N) is 1. The van der Waals surface area contributed by atoms with Gasteiger partial charge in [-0.05, 0) is 49.1 Å². The van der Waals surface area contributed by atoms with Crippen LogP contribution in [0.15, 0.2) is 77.9 Å². The van der Waals surface area contributed by atoms with Gasteiger partial charge in [-0.2, -0.15) is 0 Å². The van der Waals surface area contributed by atoms with Gasteiger partial charge in [-0.25, -0.2) is 9.50 Å². The predicted molar refractivity (Wildman–Crippen MR) is 157 cm³/mol. The van der Waals surface area contributed by atoms with Crippen LogP contribution in [-0.2, 0) is 9.53 Å². The fourth-order valence-electron chi connectivity index (χ4n) is 4.70. The van der Waals surface area contributed by atoms with Crippen LogP contribution in [-0.4, -0.2) is 49.4 Å². The van der Waals surface area contributed by atoms with Gasteiger partial charge in [0.15, 0.2) is 11.5 Å². The van der Waals surface area contributed by atoms with Gasteiger partial charge in [-0.15, -0.1) is 5.10 Å². The number of pyridine rings is 1. The molecule has 212 valence electrons. The van der Waals surface area contributed by atoms with Crippen molar-refractivity contribution in [3.63, 3.8) is 0 Å². The average molecular weight is 565 g/mol. The number of carbonyl (C=O) groups is 2. The molecule has 2 unspecified atom stereocenters. The maximum atomic E-state index is 14.1. The van der Waals surface area contributed by atoms with Crippen LogP contribution in [0.1, 0.15) is 47.4 Å². The number of benzene rings is 2. The minimum Gasteiger partial charge on any atom is -0.469 e. The van der Waals surface area contributed by atoms with E-state index in [4.69, 9.17) is 5.73 Å². The van der Waals surface area contributed by atoms with Crippen molar-refractivity contribution in [1.29, 1.82) is 0 Å². The van der Waals surface area contributed by atoms with Crippen LogP contribution >= 0.6 is 0 Å². The third kappa shape index (κ3) is 5.56. The third-order valence-corrected chi connectivity index (χ3v) is 6.75. The van der Waals surface area contributed by atoms with Crippen molar-refractivity contribution < 1.29 is 19.4 Å². The van der Waals surface area contributed by atoms with E-state index in [0.717, 1.165) is 0 Å². The van der Waals surface area contributed by atoms with E-state index in [1.807, 2.05) is 24.3 Å². The molecule has 11 heteroatoms. The lowest BCUT2D eigenvalue weighted by Gasteiger charge is -2.21. The Morgan fingerprint density at radius 2 is 1.93 bits per heavy atom. The zero-order chi connectivity index (χ0) is 29.8. The second kappa shape index (κ2) is 12.0. The molecule has 3 heterocycles. The van der Waals surface area contributed by atoms with Crippen molar-refractivity contribution in [1.82, 2.24) is 24.5 Å². The van der Waals surface area contributed by atoms with Gasteiger partial charge in [0.2, 0.25) is 0 Å². The van der Waals surface area contributed by atoms with Gasteiger partial charge >= 0.3 is 5.97 Å². The molecule has 0 saturated heterocycles. The van der Waals surface area contributed by atoms with Gasteiger partial charge < -0.3 is 20.9 Å². The van der Waals surface area contributed by atoms with Crippen LogP contribution in [0.5, 0.6) is 0 Å². The van der Waals surface area contributed by atoms with Crippen LogP contribution in [0.4, 0.5) is 5.82 Å². The summed E-state index contributed by atoms with van der Waals surface area (Å²) in [5.74, 6) is 4.74. The first kappa shape index (κ1) is 28.1. The number of nitrogens with zero attached hydrogens (tertiary/aromatic N) is 4. The summed E-state index contributed by atoms with van der Waals surface area (Å²) in [5.41, 5.74) is 7.71. The highest BCUT2D eigenvalue weighted by Gasteiger charge is 2.24. The van der Waals surface area contributed by atoms with Gasteiger partial charge in [0.25, 0.3) is 11.5 Å². The quantitative estimate of drug-likeness (QED) is 0.201. The van der Waals surface area contributed by atoms with Gasteiger partial charge in [0, 0.05) is 35.8 Å². The third-order valence-electron chi connectivity index (χ3n) is 6.75. The van der Waals surface area contributed by atoms with Gasteiger partial charge in [0.05, 0.1) is 18.5 Å². The number of fused-ring (bicyclic) bond motifs is 2. The lowest BCUT2D eigenvalue weighted by atomic mass is 10.0. The molecule has 0 aliphatic carbocycles. The Kier molecular flexibility index (Phi) is 7.99. The lowest BCUT2D eigenvalue weighted by molar-refractivity contribution is -0.141. The number of para-hydroxylation sites is 1. The Labute approximate surface area is 240 Å². The molecule has 5 aromatic rings. The summed E-state index contributed by atoms with van der Waals surface area (Å²) in [6, 6.07) is 17.2. The number of aromatic nitrogens is 4. The number of esters is 1. The molecule has 2 atom stereocenters. The predicted octanol–water partition coefficient (Wildman–Crippen LogP) is 2.77. The molecule has 0 aliphatic rings. The van der Waals surface area contributed by atoms with Gasteiger partial charge in [-0.3, -0.25) is 19.0 Å². The summed E-state index contributed by atoms with van der Waals surface area (Å²) in [7, 11) is 1.28. The fourth-order valence-corrected chi connectivity index (χ4v) is 4.70. The highest BCUT2D eigenvalue weighted by Crippen LogP contribution is 2.24. The maximum absolute atomic E-state index is 14.1. The van der Waals surface area contributed by atoms with Crippen LogP contribution in [0.25, 0.3) is 22.1 Å². The molecule has 2 aromatic carbocycles. The first-order chi connectivity index (χ1) is 20.3. The largest absolute Gasteiger partial charge is 0.469 e. The number of aliphatic hydroxyl groups excluding tert-OH is 1. The van der Waals surface area contributed by atoms with E-state index in [1.165, 1.54) is 16.2 Å². The highest BCUT2D eigenvalue weighted by molar-refractivity contribution is 6.04. The monoisotopic (exact) mass is 564 g/mol. The summed E-state index contributed by atoms with van der Waals surface area (Å²) in [4.78, 5) is 43.2. The lowest BCUT2D eigenvalue weighted by Crippen LogP contribution is -2.32. The minimum absolute atomic E-state index is 0.0205. The van der Waals surface area contributed by atoms with Crippen molar-refractivity contribution in [3.8, 4) is 17.5 Å². The fraction of sp³-hybridized carbons (Fsp3) is 0.194. The SMILES string of the molecule is COC(=O)CCC(O)C#Cc1cccc2cc(C(C)NC(=O)c3c(N)nn4cccnc34)n(-c3ccccc3)c(=O)c12. The molecule has 0 bridgehead atoms. The molecule has 0 radical (unpaired) electrons. The molecule has 11 nitrogen and oxygen atoms in total. The molecule has 1 amide bonds. The van der Waals surface area contributed by atoms with Crippen molar-refractivity contribution in [2.45, 2.75) is 31.9 Å². The molecule has 0 spiro atoms. The number of methoxy groups -OCH3 is 1. The van der Waals surface area contributed by atoms with Gasteiger partial charge in [-0.1, -0.05) is 42.2 Å². The van der Waals surface area contributed by atoms with Crippen LogP contribution in [0, 0.1) is 11.8 Å². The number of carbonyl (C=O) groups excluding carboxylic acids is 2. The van der Waals surface area contributed by atoms with Crippen molar-refractivity contribution in [2.24, 2.45) is 0 Å². The Hall–Kier alpha value is -5.47. The van der Waals surface area contributed by atoms with E-state index in [1.54, 1.807) is 55.7 Å². The zero-order valence-electron chi connectivity index (χ0n) is 22.9. The van der Waals surface area contributed by atoms with E-state index in [2.05, 4.69) is 32.0 Å². The number of anilines is 1. The number of hydrogen-bond acceptors (Lipinski definition) is 8.